The van der Waals surface area contributed by atoms with Crippen molar-refractivity contribution in [2.24, 2.45) is 0 Å². The van der Waals surface area contributed by atoms with Crippen LogP contribution < -0.4 is 10.1 Å². The molecule has 0 aliphatic heterocycles. The van der Waals surface area contributed by atoms with E-state index in [9.17, 15) is 14.7 Å². The molecular formula is C20H26N2O6. The number of aliphatic hydroxyl groups is 1. The smallest absolute Gasteiger partial charge is 0.328 e. The van der Waals surface area contributed by atoms with Gasteiger partial charge < -0.3 is 29.9 Å². The molecule has 0 amide bonds. The Kier molecular flexibility index (Phi) is 10.1. The number of nitrogens with one attached hydrogen (secondary N) is 1. The number of ether oxygens (including phenoxy) is 1. The fourth-order valence-corrected chi connectivity index (χ4v) is 2.05. The minimum absolute atomic E-state index is 0.276. The lowest BCUT2D eigenvalue weighted by Gasteiger charge is -2.17. The van der Waals surface area contributed by atoms with Gasteiger partial charge in [0.05, 0.1) is 5.69 Å². The minimum atomic E-state index is -1.26. The number of benzene rings is 1. The van der Waals surface area contributed by atoms with Crippen LogP contribution in [0.4, 0.5) is 0 Å². The number of carboxylic acid groups (broad SMARTS) is 2. The Balaban J connectivity index is 0.000000416. The molecule has 1 atom stereocenters. The molecule has 0 aliphatic carbocycles. The summed E-state index contributed by atoms with van der Waals surface area (Å²) in [5.41, 5.74) is 0.974. The minimum Gasteiger partial charge on any atom is -0.489 e. The Bertz CT molecular complexity index is 740. The van der Waals surface area contributed by atoms with Crippen molar-refractivity contribution in [3.63, 3.8) is 0 Å². The third-order valence-electron chi connectivity index (χ3n) is 3.31. The fraction of sp³-hybridized carbons (Fsp3) is 0.300. The van der Waals surface area contributed by atoms with Crippen molar-refractivity contribution >= 4 is 11.9 Å². The number of carbonyl (C=O) groups is 2. The van der Waals surface area contributed by atoms with Crippen LogP contribution in [0.3, 0.4) is 0 Å². The summed E-state index contributed by atoms with van der Waals surface area (Å²) in [6.45, 7) is 4.91. The summed E-state index contributed by atoms with van der Waals surface area (Å²) < 4.78 is 7.74. The molecular weight excluding hydrogens is 364 g/mol. The highest BCUT2D eigenvalue weighted by Gasteiger charge is 2.09. The van der Waals surface area contributed by atoms with Gasteiger partial charge in [0, 0.05) is 37.1 Å². The number of rotatable bonds is 9. The highest BCUT2D eigenvalue weighted by molar-refractivity contribution is 5.89. The summed E-state index contributed by atoms with van der Waals surface area (Å²) in [6, 6.07) is 12.1. The van der Waals surface area contributed by atoms with Crippen LogP contribution in [0.15, 0.2) is 60.9 Å². The van der Waals surface area contributed by atoms with E-state index in [2.05, 4.69) is 19.2 Å². The fourth-order valence-electron chi connectivity index (χ4n) is 2.05. The zero-order chi connectivity index (χ0) is 20.9. The first kappa shape index (κ1) is 22.9. The molecule has 1 aromatic heterocycles. The SMILES string of the molecule is CC(C)NCC(O)COc1ccccc1-n1cccc1.O=C(O)C=CC(=O)O. The van der Waals surface area contributed by atoms with Gasteiger partial charge in [0.1, 0.15) is 18.5 Å². The van der Waals surface area contributed by atoms with Crippen LogP contribution in [0.5, 0.6) is 5.75 Å². The Morgan fingerprint density at radius 3 is 2.18 bits per heavy atom. The van der Waals surface area contributed by atoms with Gasteiger partial charge in [0.2, 0.25) is 0 Å². The Morgan fingerprint density at radius 2 is 1.64 bits per heavy atom. The standard InChI is InChI=1S/C16H22N2O2.C4H4O4/c1-13(2)17-11-14(19)12-20-16-8-4-3-7-15(16)18-9-5-6-10-18;5-3(6)1-2-4(7)8/h3-10,13-14,17,19H,11-12H2,1-2H3;1-2H,(H,5,6)(H,7,8). The molecule has 0 spiro atoms. The van der Waals surface area contributed by atoms with Gasteiger partial charge in [0.25, 0.3) is 0 Å². The van der Waals surface area contributed by atoms with E-state index in [1.165, 1.54) is 0 Å². The van der Waals surface area contributed by atoms with Crippen molar-refractivity contribution < 1.29 is 29.6 Å². The quantitative estimate of drug-likeness (QED) is 0.483. The molecule has 1 heterocycles. The first-order valence-electron chi connectivity index (χ1n) is 8.70. The molecule has 8 heteroatoms. The number of para-hydroxylation sites is 2. The average Bonchev–Trinajstić information content (AvgIpc) is 3.18. The second-order valence-electron chi connectivity index (χ2n) is 6.10. The highest BCUT2D eigenvalue weighted by atomic mass is 16.5. The number of aromatic nitrogens is 1. The molecule has 2 rings (SSSR count). The van der Waals surface area contributed by atoms with Crippen LogP contribution >= 0.6 is 0 Å². The van der Waals surface area contributed by atoms with Crippen LogP contribution in [0.25, 0.3) is 5.69 Å². The largest absolute Gasteiger partial charge is 0.489 e. The molecule has 0 aliphatic rings. The van der Waals surface area contributed by atoms with Crippen molar-refractivity contribution in [3.05, 3.63) is 60.9 Å². The first-order chi connectivity index (χ1) is 13.3. The molecule has 0 saturated carbocycles. The van der Waals surface area contributed by atoms with Crippen LogP contribution in [-0.2, 0) is 9.59 Å². The van der Waals surface area contributed by atoms with Gasteiger partial charge in [-0.05, 0) is 24.3 Å². The zero-order valence-electron chi connectivity index (χ0n) is 15.9. The second kappa shape index (κ2) is 12.3. The third kappa shape index (κ3) is 9.56. The number of nitrogens with zero attached hydrogens (tertiary/aromatic N) is 1. The summed E-state index contributed by atoms with van der Waals surface area (Å²) in [5.74, 6) is -1.74. The van der Waals surface area contributed by atoms with E-state index in [4.69, 9.17) is 14.9 Å². The molecule has 1 unspecified atom stereocenters. The zero-order valence-corrected chi connectivity index (χ0v) is 15.9. The van der Waals surface area contributed by atoms with Gasteiger partial charge in [0.15, 0.2) is 0 Å². The van der Waals surface area contributed by atoms with E-state index in [1.54, 1.807) is 0 Å². The summed E-state index contributed by atoms with van der Waals surface area (Å²) >= 11 is 0. The van der Waals surface area contributed by atoms with E-state index in [1.807, 2.05) is 53.4 Å². The van der Waals surface area contributed by atoms with Crippen molar-refractivity contribution in [1.29, 1.82) is 0 Å². The number of hydrogen-bond donors (Lipinski definition) is 4. The molecule has 2 aromatic rings. The number of hydrogen-bond acceptors (Lipinski definition) is 5. The Labute approximate surface area is 163 Å². The van der Waals surface area contributed by atoms with Gasteiger partial charge in [-0.3, -0.25) is 0 Å². The number of aliphatic hydroxyl groups excluding tert-OH is 1. The Hall–Kier alpha value is -3.10. The van der Waals surface area contributed by atoms with Gasteiger partial charge in [-0.2, -0.15) is 0 Å². The lowest BCUT2D eigenvalue weighted by Crippen LogP contribution is -2.35. The number of carboxylic acids is 2. The maximum absolute atomic E-state index is 9.89. The van der Waals surface area contributed by atoms with E-state index in [-0.39, 0.29) is 6.61 Å². The molecule has 152 valence electrons. The molecule has 0 radical (unpaired) electrons. The summed E-state index contributed by atoms with van der Waals surface area (Å²) in [5, 5.41) is 28.7. The lowest BCUT2D eigenvalue weighted by molar-refractivity contribution is -0.134. The van der Waals surface area contributed by atoms with Gasteiger partial charge in [-0.25, -0.2) is 9.59 Å². The van der Waals surface area contributed by atoms with Crippen molar-refractivity contribution in [1.82, 2.24) is 9.88 Å². The third-order valence-corrected chi connectivity index (χ3v) is 3.31. The van der Waals surface area contributed by atoms with E-state index in [0.29, 0.717) is 24.7 Å². The molecule has 8 nitrogen and oxygen atoms in total. The van der Waals surface area contributed by atoms with Crippen molar-refractivity contribution in [2.45, 2.75) is 26.0 Å². The molecule has 0 bridgehead atoms. The molecule has 0 saturated heterocycles. The average molecular weight is 390 g/mol. The lowest BCUT2D eigenvalue weighted by atomic mass is 10.3. The van der Waals surface area contributed by atoms with Crippen LogP contribution in [0, 0.1) is 0 Å². The highest BCUT2D eigenvalue weighted by Crippen LogP contribution is 2.22. The first-order valence-corrected chi connectivity index (χ1v) is 8.70. The predicted octanol–water partition coefficient (Wildman–Crippen LogP) is 1.93. The van der Waals surface area contributed by atoms with Crippen molar-refractivity contribution in [3.8, 4) is 11.4 Å². The van der Waals surface area contributed by atoms with Crippen LogP contribution in [-0.4, -0.2) is 57.1 Å². The van der Waals surface area contributed by atoms with Crippen LogP contribution in [0.2, 0.25) is 0 Å². The Morgan fingerprint density at radius 1 is 1.07 bits per heavy atom. The van der Waals surface area contributed by atoms with Crippen molar-refractivity contribution in [2.75, 3.05) is 13.2 Å². The summed E-state index contributed by atoms with van der Waals surface area (Å²) in [4.78, 5) is 19.1. The van der Waals surface area contributed by atoms with E-state index >= 15 is 0 Å². The molecule has 0 fully saturated rings. The molecule has 1 aromatic carbocycles. The molecule has 4 N–H and O–H groups in total. The predicted molar refractivity (Wildman–Crippen MR) is 105 cm³/mol. The maximum Gasteiger partial charge on any atom is 0.328 e. The van der Waals surface area contributed by atoms with E-state index < -0.39 is 18.0 Å². The van der Waals surface area contributed by atoms with E-state index in [0.717, 1.165) is 11.4 Å². The van der Waals surface area contributed by atoms with Gasteiger partial charge in [-0.1, -0.05) is 26.0 Å². The topological polar surface area (TPSA) is 121 Å². The van der Waals surface area contributed by atoms with Gasteiger partial charge >= 0.3 is 11.9 Å². The van der Waals surface area contributed by atoms with Gasteiger partial charge in [-0.15, -0.1) is 0 Å². The normalized spacial score (nSPS) is 11.7. The summed E-state index contributed by atoms with van der Waals surface area (Å²) in [7, 11) is 0. The summed E-state index contributed by atoms with van der Waals surface area (Å²) in [6.07, 6.45) is 4.54. The van der Waals surface area contributed by atoms with Crippen LogP contribution in [0.1, 0.15) is 13.8 Å². The molecule has 28 heavy (non-hydrogen) atoms. The monoisotopic (exact) mass is 390 g/mol. The number of aliphatic carboxylic acids is 2. The second-order valence-corrected chi connectivity index (χ2v) is 6.10. The maximum atomic E-state index is 9.89.